The monoisotopic (exact) mass is 299 g/mol. The van der Waals surface area contributed by atoms with Gasteiger partial charge in [0.15, 0.2) is 11.5 Å². The summed E-state index contributed by atoms with van der Waals surface area (Å²) in [7, 11) is 0. The number of nitrogens with one attached hydrogen (secondary N) is 1. The van der Waals surface area contributed by atoms with E-state index in [4.69, 9.17) is 9.47 Å². The zero-order valence-electron chi connectivity index (χ0n) is 12.7. The number of rotatable bonds is 6. The molecule has 0 aromatic heterocycles. The van der Waals surface area contributed by atoms with Crippen molar-refractivity contribution in [3.05, 3.63) is 53.6 Å². The van der Waals surface area contributed by atoms with Crippen LogP contribution in [0.1, 0.15) is 24.5 Å². The maximum atomic E-state index is 9.28. The minimum absolute atomic E-state index is 0.315. The fraction of sp³-hybridized carbons (Fsp3) is 0.333. The van der Waals surface area contributed by atoms with Crippen molar-refractivity contribution in [3.63, 3.8) is 0 Å². The molecule has 0 saturated carbocycles. The predicted octanol–water partition coefficient (Wildman–Crippen LogP) is 3.23. The molecule has 22 heavy (non-hydrogen) atoms. The van der Waals surface area contributed by atoms with Crippen molar-refractivity contribution in [3.8, 4) is 17.2 Å². The minimum atomic E-state index is 0.315. The summed E-state index contributed by atoms with van der Waals surface area (Å²) in [6, 6.07) is 13.9. The number of aryl methyl sites for hydroxylation is 1. The Hall–Kier alpha value is -2.20. The fourth-order valence-electron chi connectivity index (χ4n) is 2.49. The van der Waals surface area contributed by atoms with Crippen molar-refractivity contribution in [2.45, 2.75) is 32.4 Å². The molecule has 0 radical (unpaired) electrons. The molecule has 1 aliphatic heterocycles. The van der Waals surface area contributed by atoms with Crippen LogP contribution < -0.4 is 14.8 Å². The first-order valence-corrected chi connectivity index (χ1v) is 7.60. The van der Waals surface area contributed by atoms with Crippen molar-refractivity contribution in [2.75, 3.05) is 6.79 Å². The number of aromatic hydroxyl groups is 1. The van der Waals surface area contributed by atoms with Gasteiger partial charge >= 0.3 is 0 Å². The molecule has 3 rings (SSSR count). The summed E-state index contributed by atoms with van der Waals surface area (Å²) in [4.78, 5) is 0. The molecular formula is C18H21NO3. The number of ether oxygens (including phenoxy) is 2. The summed E-state index contributed by atoms with van der Waals surface area (Å²) in [6.07, 6.45) is 2.05. The van der Waals surface area contributed by atoms with Crippen molar-refractivity contribution in [2.24, 2.45) is 0 Å². The highest BCUT2D eigenvalue weighted by Crippen LogP contribution is 2.32. The number of phenols is 1. The highest BCUT2D eigenvalue weighted by Gasteiger charge is 2.13. The lowest BCUT2D eigenvalue weighted by atomic mass is 10.1. The van der Waals surface area contributed by atoms with Gasteiger partial charge < -0.3 is 19.9 Å². The molecule has 1 aliphatic rings. The van der Waals surface area contributed by atoms with Crippen LogP contribution in [0.3, 0.4) is 0 Å². The molecule has 0 bridgehead atoms. The second-order valence-corrected chi connectivity index (χ2v) is 5.67. The number of phenolic OH excluding ortho intramolecular Hbond substituents is 1. The molecule has 2 N–H and O–H groups in total. The second-order valence-electron chi connectivity index (χ2n) is 5.67. The van der Waals surface area contributed by atoms with Gasteiger partial charge in [-0.25, -0.2) is 0 Å². The Labute approximate surface area is 130 Å². The zero-order chi connectivity index (χ0) is 15.4. The molecule has 4 heteroatoms. The fourth-order valence-corrected chi connectivity index (χ4v) is 2.49. The van der Waals surface area contributed by atoms with Gasteiger partial charge in [0.1, 0.15) is 5.75 Å². The first-order chi connectivity index (χ1) is 10.7. The molecule has 0 spiro atoms. The first kappa shape index (κ1) is 14.7. The van der Waals surface area contributed by atoms with E-state index >= 15 is 0 Å². The van der Waals surface area contributed by atoms with E-state index in [0.717, 1.165) is 30.9 Å². The lowest BCUT2D eigenvalue weighted by Gasteiger charge is -2.14. The van der Waals surface area contributed by atoms with E-state index in [2.05, 4.69) is 18.3 Å². The molecule has 0 saturated heterocycles. The molecule has 0 aliphatic carbocycles. The van der Waals surface area contributed by atoms with E-state index < -0.39 is 0 Å². The summed E-state index contributed by atoms with van der Waals surface area (Å²) in [6.45, 7) is 3.32. The Kier molecular flexibility index (Phi) is 4.49. The van der Waals surface area contributed by atoms with E-state index in [-0.39, 0.29) is 0 Å². The standard InChI is InChI=1S/C18H21NO3/c1-13(2-3-14-4-7-16(20)8-5-14)19-11-15-6-9-17-18(10-15)22-12-21-17/h4-10,13,19-20H,2-3,11-12H2,1H3. The minimum Gasteiger partial charge on any atom is -0.508 e. The average molecular weight is 299 g/mol. The van der Waals surface area contributed by atoms with Crippen LogP contribution in [-0.4, -0.2) is 17.9 Å². The van der Waals surface area contributed by atoms with Crippen LogP contribution in [-0.2, 0) is 13.0 Å². The zero-order valence-corrected chi connectivity index (χ0v) is 12.7. The Bertz CT molecular complexity index is 625. The lowest BCUT2D eigenvalue weighted by Crippen LogP contribution is -2.25. The van der Waals surface area contributed by atoms with Crippen molar-refractivity contribution < 1.29 is 14.6 Å². The van der Waals surface area contributed by atoms with Gasteiger partial charge in [0.05, 0.1) is 0 Å². The molecule has 2 aromatic rings. The van der Waals surface area contributed by atoms with Crippen LogP contribution in [0.15, 0.2) is 42.5 Å². The van der Waals surface area contributed by atoms with Crippen molar-refractivity contribution in [1.29, 1.82) is 0 Å². The number of hydrogen-bond acceptors (Lipinski definition) is 4. The third kappa shape index (κ3) is 3.71. The van der Waals surface area contributed by atoms with E-state index in [1.165, 1.54) is 11.1 Å². The number of benzene rings is 2. The SMILES string of the molecule is CC(CCc1ccc(O)cc1)NCc1ccc2c(c1)OCO2. The molecular weight excluding hydrogens is 278 g/mol. The summed E-state index contributed by atoms with van der Waals surface area (Å²) in [5.41, 5.74) is 2.44. The smallest absolute Gasteiger partial charge is 0.231 e. The Morgan fingerprint density at radius 1 is 1.05 bits per heavy atom. The van der Waals surface area contributed by atoms with E-state index in [1.54, 1.807) is 12.1 Å². The summed E-state index contributed by atoms with van der Waals surface area (Å²) in [5.74, 6) is 1.97. The Morgan fingerprint density at radius 3 is 2.59 bits per heavy atom. The normalized spacial score (nSPS) is 14.0. The highest BCUT2D eigenvalue weighted by molar-refractivity contribution is 5.44. The molecule has 1 heterocycles. The van der Waals surface area contributed by atoms with Crippen LogP contribution in [0.5, 0.6) is 17.2 Å². The molecule has 1 unspecified atom stereocenters. The number of hydrogen-bond donors (Lipinski definition) is 2. The van der Waals surface area contributed by atoms with Crippen LogP contribution >= 0.6 is 0 Å². The van der Waals surface area contributed by atoms with E-state index in [0.29, 0.717) is 18.6 Å². The highest BCUT2D eigenvalue weighted by atomic mass is 16.7. The first-order valence-electron chi connectivity index (χ1n) is 7.60. The summed E-state index contributed by atoms with van der Waals surface area (Å²) >= 11 is 0. The van der Waals surface area contributed by atoms with Gasteiger partial charge in [-0.2, -0.15) is 0 Å². The summed E-state index contributed by atoms with van der Waals surface area (Å²) in [5, 5.41) is 12.8. The molecule has 0 amide bonds. The van der Waals surface area contributed by atoms with Gasteiger partial charge in [-0.15, -0.1) is 0 Å². The average Bonchev–Trinajstić information content (AvgIpc) is 3.00. The quantitative estimate of drug-likeness (QED) is 0.860. The molecule has 1 atom stereocenters. The van der Waals surface area contributed by atoms with Crippen LogP contribution in [0.25, 0.3) is 0 Å². The van der Waals surface area contributed by atoms with Gasteiger partial charge in [-0.05, 0) is 55.2 Å². The summed E-state index contributed by atoms with van der Waals surface area (Å²) < 4.78 is 10.7. The molecule has 116 valence electrons. The Morgan fingerprint density at radius 2 is 1.77 bits per heavy atom. The third-order valence-electron chi connectivity index (χ3n) is 3.89. The van der Waals surface area contributed by atoms with Crippen LogP contribution in [0.4, 0.5) is 0 Å². The lowest BCUT2D eigenvalue weighted by molar-refractivity contribution is 0.174. The Balaban J connectivity index is 1.46. The van der Waals surface area contributed by atoms with Gasteiger partial charge in [0.25, 0.3) is 0 Å². The second kappa shape index (κ2) is 6.71. The van der Waals surface area contributed by atoms with Crippen molar-refractivity contribution in [1.82, 2.24) is 5.32 Å². The molecule has 0 fully saturated rings. The van der Waals surface area contributed by atoms with E-state index in [9.17, 15) is 5.11 Å². The van der Waals surface area contributed by atoms with Gasteiger partial charge in [-0.3, -0.25) is 0 Å². The number of fused-ring (bicyclic) bond motifs is 1. The van der Waals surface area contributed by atoms with Crippen molar-refractivity contribution >= 4 is 0 Å². The third-order valence-corrected chi connectivity index (χ3v) is 3.89. The largest absolute Gasteiger partial charge is 0.508 e. The maximum absolute atomic E-state index is 9.28. The molecule has 4 nitrogen and oxygen atoms in total. The van der Waals surface area contributed by atoms with Gasteiger partial charge in [0.2, 0.25) is 6.79 Å². The van der Waals surface area contributed by atoms with Gasteiger partial charge in [-0.1, -0.05) is 18.2 Å². The maximum Gasteiger partial charge on any atom is 0.231 e. The molecule has 2 aromatic carbocycles. The van der Waals surface area contributed by atoms with Crippen LogP contribution in [0, 0.1) is 0 Å². The van der Waals surface area contributed by atoms with E-state index in [1.807, 2.05) is 24.3 Å². The predicted molar refractivity (Wildman–Crippen MR) is 85.3 cm³/mol. The topological polar surface area (TPSA) is 50.7 Å². The van der Waals surface area contributed by atoms with Gasteiger partial charge in [0, 0.05) is 12.6 Å². The van der Waals surface area contributed by atoms with Crippen LogP contribution in [0.2, 0.25) is 0 Å².